The maximum absolute atomic E-state index is 5.87. The Morgan fingerprint density at radius 3 is 2.60 bits per heavy atom. The van der Waals surface area contributed by atoms with E-state index in [0.29, 0.717) is 11.8 Å². The summed E-state index contributed by atoms with van der Waals surface area (Å²) in [7, 11) is 0. The first-order valence-corrected chi connectivity index (χ1v) is 5.28. The van der Waals surface area contributed by atoms with E-state index in [9.17, 15) is 0 Å². The van der Waals surface area contributed by atoms with Crippen LogP contribution >= 0.6 is 0 Å². The van der Waals surface area contributed by atoms with Gasteiger partial charge in [-0.1, -0.05) is 43.9 Å². The zero-order valence-electron chi connectivity index (χ0n) is 9.02. The summed E-state index contributed by atoms with van der Waals surface area (Å²) in [4.78, 5) is 0. The summed E-state index contributed by atoms with van der Waals surface area (Å²) >= 11 is 0. The molecular weight excluding hydrogens is 184 g/mol. The summed E-state index contributed by atoms with van der Waals surface area (Å²) in [6, 6.07) is 8.18. The van der Waals surface area contributed by atoms with Crippen molar-refractivity contribution in [2.45, 2.75) is 18.9 Å². The predicted octanol–water partition coefficient (Wildman–Crippen LogP) is 3.54. The zero-order chi connectivity index (χ0) is 10.8. The van der Waals surface area contributed by atoms with Crippen molar-refractivity contribution in [1.82, 2.24) is 0 Å². The lowest BCUT2D eigenvalue weighted by molar-refractivity contribution is 0.163. The van der Waals surface area contributed by atoms with Crippen LogP contribution in [0.25, 0.3) is 0 Å². The molecule has 0 aromatic heterocycles. The Morgan fingerprint density at radius 1 is 1.20 bits per heavy atom. The number of hydrogen-bond donors (Lipinski definition) is 0. The molecule has 0 fully saturated rings. The highest BCUT2D eigenvalue weighted by molar-refractivity contribution is 5.40. The van der Waals surface area contributed by atoms with Crippen LogP contribution in [0.5, 0.6) is 5.75 Å². The fraction of sp³-hybridized carbons (Fsp3) is 0.286. The van der Waals surface area contributed by atoms with Gasteiger partial charge in [-0.3, -0.25) is 0 Å². The third-order valence-electron chi connectivity index (χ3n) is 3.13. The standard InChI is InChI=1S/C14H16O/c1-4-11-10(3)12-8-6-7-9-14(12)15-13(11)5-2/h4-11,13H,1-2H2,3H3. The van der Waals surface area contributed by atoms with Gasteiger partial charge in [0.1, 0.15) is 11.9 Å². The molecule has 0 radical (unpaired) electrons. The van der Waals surface area contributed by atoms with Gasteiger partial charge < -0.3 is 4.74 Å². The van der Waals surface area contributed by atoms with Crippen LogP contribution in [-0.2, 0) is 0 Å². The highest BCUT2D eigenvalue weighted by atomic mass is 16.5. The topological polar surface area (TPSA) is 9.23 Å². The summed E-state index contributed by atoms with van der Waals surface area (Å²) in [5.41, 5.74) is 1.26. The quantitative estimate of drug-likeness (QED) is 0.663. The molecule has 3 atom stereocenters. The lowest BCUT2D eigenvalue weighted by Crippen LogP contribution is -2.32. The summed E-state index contributed by atoms with van der Waals surface area (Å²) in [6.45, 7) is 9.91. The third kappa shape index (κ3) is 1.58. The average Bonchev–Trinajstić information content (AvgIpc) is 2.29. The Bertz CT molecular complexity index is 381. The number of ether oxygens (including phenoxy) is 1. The second-order valence-electron chi connectivity index (χ2n) is 3.96. The van der Waals surface area contributed by atoms with Gasteiger partial charge in [0.15, 0.2) is 0 Å². The van der Waals surface area contributed by atoms with Crippen LogP contribution in [-0.4, -0.2) is 6.10 Å². The molecule has 1 heteroatoms. The van der Waals surface area contributed by atoms with E-state index in [0.717, 1.165) is 5.75 Å². The smallest absolute Gasteiger partial charge is 0.123 e. The van der Waals surface area contributed by atoms with Crippen LogP contribution in [0, 0.1) is 5.92 Å². The second-order valence-corrected chi connectivity index (χ2v) is 3.96. The molecule has 0 spiro atoms. The van der Waals surface area contributed by atoms with Gasteiger partial charge in [0, 0.05) is 5.92 Å². The molecule has 1 heterocycles. The Balaban J connectivity index is 2.44. The van der Waals surface area contributed by atoms with Gasteiger partial charge >= 0.3 is 0 Å². The molecule has 1 aliphatic rings. The van der Waals surface area contributed by atoms with E-state index in [2.05, 4.69) is 26.1 Å². The number of benzene rings is 1. The number of fused-ring (bicyclic) bond motifs is 1. The maximum atomic E-state index is 5.87. The summed E-state index contributed by atoms with van der Waals surface area (Å²) in [6.07, 6.45) is 3.87. The first-order valence-electron chi connectivity index (χ1n) is 5.28. The molecule has 1 aromatic rings. The third-order valence-corrected chi connectivity index (χ3v) is 3.13. The van der Waals surface area contributed by atoms with Crippen molar-refractivity contribution in [2.24, 2.45) is 5.92 Å². The van der Waals surface area contributed by atoms with Crippen molar-refractivity contribution in [3.05, 3.63) is 55.1 Å². The Hall–Kier alpha value is -1.50. The average molecular weight is 200 g/mol. The van der Waals surface area contributed by atoms with Gasteiger partial charge in [0.2, 0.25) is 0 Å². The maximum Gasteiger partial charge on any atom is 0.123 e. The molecule has 1 nitrogen and oxygen atoms in total. The first kappa shape index (κ1) is 10.0. The molecule has 0 N–H and O–H groups in total. The van der Waals surface area contributed by atoms with Crippen molar-refractivity contribution in [3.8, 4) is 5.75 Å². The van der Waals surface area contributed by atoms with Crippen molar-refractivity contribution in [3.63, 3.8) is 0 Å². The van der Waals surface area contributed by atoms with E-state index in [1.165, 1.54) is 5.56 Å². The van der Waals surface area contributed by atoms with Crippen LogP contribution in [0.15, 0.2) is 49.6 Å². The lowest BCUT2D eigenvalue weighted by atomic mass is 9.81. The highest BCUT2D eigenvalue weighted by Crippen LogP contribution is 2.40. The normalized spacial score (nSPS) is 28.7. The minimum atomic E-state index is 0.0485. The fourth-order valence-corrected chi connectivity index (χ4v) is 2.22. The Labute approximate surface area is 91.1 Å². The molecule has 78 valence electrons. The Morgan fingerprint density at radius 2 is 1.93 bits per heavy atom. The SMILES string of the molecule is C=CC1Oc2ccccc2C(C)C1C=C. The Kier molecular flexibility index (Phi) is 2.63. The first-order chi connectivity index (χ1) is 7.27. The summed E-state index contributed by atoms with van der Waals surface area (Å²) in [5, 5.41) is 0. The van der Waals surface area contributed by atoms with E-state index >= 15 is 0 Å². The van der Waals surface area contributed by atoms with Gasteiger partial charge in [-0.25, -0.2) is 0 Å². The molecule has 1 aliphatic heterocycles. The highest BCUT2D eigenvalue weighted by Gasteiger charge is 2.31. The number of rotatable bonds is 2. The molecule has 0 amide bonds. The largest absolute Gasteiger partial charge is 0.485 e. The minimum absolute atomic E-state index is 0.0485. The second kappa shape index (κ2) is 3.93. The van der Waals surface area contributed by atoms with Crippen LogP contribution in [0.3, 0.4) is 0 Å². The monoisotopic (exact) mass is 200 g/mol. The van der Waals surface area contributed by atoms with Crippen molar-refractivity contribution in [1.29, 1.82) is 0 Å². The van der Waals surface area contributed by atoms with Crippen LogP contribution in [0.4, 0.5) is 0 Å². The summed E-state index contributed by atoms with van der Waals surface area (Å²) < 4.78 is 5.87. The van der Waals surface area contributed by atoms with Crippen LogP contribution < -0.4 is 4.74 Å². The van der Waals surface area contributed by atoms with Crippen LogP contribution in [0.1, 0.15) is 18.4 Å². The van der Waals surface area contributed by atoms with Gasteiger partial charge in [-0.2, -0.15) is 0 Å². The molecule has 0 saturated carbocycles. The van der Waals surface area contributed by atoms with E-state index in [-0.39, 0.29) is 6.10 Å². The van der Waals surface area contributed by atoms with Crippen molar-refractivity contribution >= 4 is 0 Å². The molecule has 1 aromatic carbocycles. The fourth-order valence-electron chi connectivity index (χ4n) is 2.22. The number of para-hydroxylation sites is 1. The zero-order valence-corrected chi connectivity index (χ0v) is 9.02. The van der Waals surface area contributed by atoms with Crippen molar-refractivity contribution < 1.29 is 4.74 Å². The number of hydrogen-bond acceptors (Lipinski definition) is 1. The van der Waals surface area contributed by atoms with E-state index in [4.69, 9.17) is 4.74 Å². The summed E-state index contributed by atoms with van der Waals surface area (Å²) in [5.74, 6) is 1.74. The molecule has 0 bridgehead atoms. The lowest BCUT2D eigenvalue weighted by Gasteiger charge is -2.35. The molecule has 3 unspecified atom stereocenters. The molecule has 0 saturated heterocycles. The van der Waals surface area contributed by atoms with Gasteiger partial charge in [-0.15, -0.1) is 6.58 Å². The van der Waals surface area contributed by atoms with E-state index in [1.54, 1.807) is 0 Å². The molecular formula is C14H16O. The van der Waals surface area contributed by atoms with E-state index < -0.39 is 0 Å². The van der Waals surface area contributed by atoms with E-state index in [1.807, 2.05) is 30.4 Å². The van der Waals surface area contributed by atoms with Crippen molar-refractivity contribution in [2.75, 3.05) is 0 Å². The van der Waals surface area contributed by atoms with Gasteiger partial charge in [-0.05, 0) is 17.5 Å². The van der Waals surface area contributed by atoms with Gasteiger partial charge in [0.05, 0.1) is 0 Å². The predicted molar refractivity (Wildman–Crippen MR) is 63.2 cm³/mol. The minimum Gasteiger partial charge on any atom is -0.485 e. The molecule has 0 aliphatic carbocycles. The van der Waals surface area contributed by atoms with Crippen LogP contribution in [0.2, 0.25) is 0 Å². The molecule has 2 rings (SSSR count). The molecule has 15 heavy (non-hydrogen) atoms. The van der Waals surface area contributed by atoms with Gasteiger partial charge in [0.25, 0.3) is 0 Å².